The summed E-state index contributed by atoms with van der Waals surface area (Å²) in [6.45, 7) is 0. The Labute approximate surface area is 112 Å². The van der Waals surface area contributed by atoms with Gasteiger partial charge in [0.15, 0.2) is 0 Å². The monoisotopic (exact) mass is 258 g/mol. The van der Waals surface area contributed by atoms with E-state index < -0.39 is 0 Å². The van der Waals surface area contributed by atoms with Gasteiger partial charge < -0.3 is 16.1 Å². The quantitative estimate of drug-likeness (QED) is 0.685. The van der Waals surface area contributed by atoms with Gasteiger partial charge in [-0.2, -0.15) is 5.10 Å². The van der Waals surface area contributed by atoms with E-state index in [-0.39, 0.29) is 6.04 Å². The zero-order chi connectivity index (χ0) is 13.6. The van der Waals surface area contributed by atoms with Crippen LogP contribution in [-0.2, 0) is 0 Å². The number of nitrogen functional groups attached to an aromatic ring is 1. The van der Waals surface area contributed by atoms with Gasteiger partial charge in [-0.25, -0.2) is 4.98 Å². The van der Waals surface area contributed by atoms with Crippen LogP contribution in [-0.4, -0.2) is 36.5 Å². The largest absolute Gasteiger partial charge is 0.382 e. The first kappa shape index (κ1) is 12.0. The second-order valence-electron chi connectivity index (χ2n) is 5.08. The van der Waals surface area contributed by atoms with Crippen molar-refractivity contribution in [2.45, 2.75) is 18.9 Å². The van der Waals surface area contributed by atoms with Gasteiger partial charge in [-0.15, -0.1) is 0 Å². The van der Waals surface area contributed by atoms with E-state index in [1.165, 1.54) is 12.8 Å². The van der Waals surface area contributed by atoms with Crippen molar-refractivity contribution in [2.75, 3.05) is 24.7 Å². The van der Waals surface area contributed by atoms with Crippen molar-refractivity contribution in [1.82, 2.24) is 10.4 Å². The summed E-state index contributed by atoms with van der Waals surface area (Å²) in [5.41, 5.74) is 11.7. The van der Waals surface area contributed by atoms with E-state index in [1.54, 1.807) is 13.2 Å². The molecule has 6 nitrogen and oxygen atoms in total. The minimum atomic E-state index is 0.124. The first-order valence-corrected chi connectivity index (χ1v) is 6.46. The third-order valence-corrected chi connectivity index (χ3v) is 3.83. The molecule has 3 rings (SSSR count). The second kappa shape index (κ2) is 4.22. The number of nitrogens with zero attached hydrogens (tertiary/aromatic N) is 3. The van der Waals surface area contributed by atoms with E-state index in [2.05, 4.69) is 20.4 Å². The standard InChI is InChI=1S/C13H18N6/c1-16-18-10-9(14)8-5-6-17-13(15)12(8)19(2)11(10)7-3-4-7/h5-7,11,14,16H,3-4H2,1-2H3,(H2,15,17)/b14-9?,18-10+. The molecule has 1 atom stereocenters. The number of hydrogen-bond acceptors (Lipinski definition) is 6. The summed E-state index contributed by atoms with van der Waals surface area (Å²) in [7, 11) is 3.78. The highest BCUT2D eigenvalue weighted by atomic mass is 15.3. The van der Waals surface area contributed by atoms with Crippen LogP contribution >= 0.6 is 0 Å². The molecule has 2 aliphatic rings. The van der Waals surface area contributed by atoms with Crippen molar-refractivity contribution in [3.05, 3.63) is 17.8 Å². The van der Waals surface area contributed by atoms with E-state index in [0.29, 0.717) is 17.4 Å². The second-order valence-corrected chi connectivity index (χ2v) is 5.08. The smallest absolute Gasteiger partial charge is 0.147 e. The van der Waals surface area contributed by atoms with E-state index in [0.717, 1.165) is 17.0 Å². The minimum Gasteiger partial charge on any atom is -0.382 e. The first-order chi connectivity index (χ1) is 9.15. The van der Waals surface area contributed by atoms with Gasteiger partial charge in [-0.05, 0) is 24.8 Å². The molecular weight excluding hydrogens is 240 g/mol. The minimum absolute atomic E-state index is 0.124. The topological polar surface area (TPSA) is 90.4 Å². The summed E-state index contributed by atoms with van der Waals surface area (Å²) < 4.78 is 0. The Morgan fingerprint density at radius 1 is 1.53 bits per heavy atom. The Morgan fingerprint density at radius 2 is 2.26 bits per heavy atom. The number of fused-ring (bicyclic) bond motifs is 1. The van der Waals surface area contributed by atoms with Crippen LogP contribution in [0.2, 0.25) is 0 Å². The molecule has 0 radical (unpaired) electrons. The zero-order valence-corrected chi connectivity index (χ0v) is 11.1. The number of anilines is 2. The molecule has 1 aliphatic heterocycles. The average Bonchev–Trinajstić information content (AvgIpc) is 3.20. The fourth-order valence-corrected chi connectivity index (χ4v) is 2.84. The van der Waals surface area contributed by atoms with E-state index in [1.807, 2.05) is 13.1 Å². The molecule has 4 N–H and O–H groups in total. The van der Waals surface area contributed by atoms with Gasteiger partial charge in [-0.3, -0.25) is 5.41 Å². The summed E-state index contributed by atoms with van der Waals surface area (Å²) in [6.07, 6.45) is 4.01. The Morgan fingerprint density at radius 3 is 2.89 bits per heavy atom. The lowest BCUT2D eigenvalue weighted by Crippen LogP contribution is -2.49. The number of hydrogen-bond donors (Lipinski definition) is 3. The van der Waals surface area contributed by atoms with Crippen molar-refractivity contribution in [1.29, 1.82) is 5.41 Å². The zero-order valence-electron chi connectivity index (χ0n) is 11.1. The predicted octanol–water partition coefficient (Wildman–Crippen LogP) is 0.835. The molecule has 1 fully saturated rings. The highest BCUT2D eigenvalue weighted by Gasteiger charge is 2.43. The average molecular weight is 258 g/mol. The molecule has 0 saturated heterocycles. The summed E-state index contributed by atoms with van der Waals surface area (Å²) >= 11 is 0. The Bertz CT molecular complexity index is 560. The van der Waals surface area contributed by atoms with Crippen molar-refractivity contribution in [3.8, 4) is 0 Å². The van der Waals surface area contributed by atoms with Gasteiger partial charge in [0, 0.05) is 25.9 Å². The van der Waals surface area contributed by atoms with Crippen molar-refractivity contribution in [2.24, 2.45) is 11.0 Å². The maximum absolute atomic E-state index is 8.39. The van der Waals surface area contributed by atoms with Crippen LogP contribution in [0.25, 0.3) is 0 Å². The lowest BCUT2D eigenvalue weighted by atomic mass is 9.90. The van der Waals surface area contributed by atoms with E-state index >= 15 is 0 Å². The van der Waals surface area contributed by atoms with Crippen LogP contribution in [0.15, 0.2) is 17.4 Å². The molecule has 1 aromatic rings. The Hall–Kier alpha value is -2.11. The molecule has 1 aliphatic carbocycles. The van der Waals surface area contributed by atoms with E-state index in [4.69, 9.17) is 11.1 Å². The summed E-state index contributed by atoms with van der Waals surface area (Å²) in [4.78, 5) is 6.27. The molecule has 0 aromatic carbocycles. The van der Waals surface area contributed by atoms with Gasteiger partial charge in [0.25, 0.3) is 0 Å². The van der Waals surface area contributed by atoms with Crippen LogP contribution in [0.3, 0.4) is 0 Å². The highest BCUT2D eigenvalue weighted by Crippen LogP contribution is 2.42. The predicted molar refractivity (Wildman–Crippen MR) is 76.9 cm³/mol. The molecule has 1 saturated carbocycles. The highest BCUT2D eigenvalue weighted by molar-refractivity contribution is 6.51. The first-order valence-electron chi connectivity index (χ1n) is 6.46. The molecule has 1 aromatic heterocycles. The number of nitrogens with two attached hydrogens (primary N) is 1. The van der Waals surface area contributed by atoms with Gasteiger partial charge in [-0.1, -0.05) is 0 Å². The molecule has 1 unspecified atom stereocenters. The van der Waals surface area contributed by atoms with Crippen LogP contribution < -0.4 is 16.1 Å². The van der Waals surface area contributed by atoms with Crippen molar-refractivity contribution in [3.63, 3.8) is 0 Å². The third-order valence-electron chi connectivity index (χ3n) is 3.83. The lowest BCUT2D eigenvalue weighted by molar-refractivity contribution is 0.685. The molecule has 2 heterocycles. The third kappa shape index (κ3) is 1.75. The number of nitrogens with one attached hydrogen (secondary N) is 2. The molecular formula is C13H18N6. The fraction of sp³-hybridized carbons (Fsp3) is 0.462. The maximum atomic E-state index is 8.39. The Kier molecular flexibility index (Phi) is 2.66. The number of hydrazone groups is 1. The Balaban J connectivity index is 2.16. The van der Waals surface area contributed by atoms with Gasteiger partial charge >= 0.3 is 0 Å². The van der Waals surface area contributed by atoms with Gasteiger partial charge in [0.2, 0.25) is 0 Å². The SMILES string of the molecule is CN/N=C1\C(=N)c2ccnc(N)c2N(C)C1C1CC1. The molecule has 19 heavy (non-hydrogen) atoms. The fourth-order valence-electron chi connectivity index (χ4n) is 2.84. The van der Waals surface area contributed by atoms with Crippen LogP contribution in [0.4, 0.5) is 11.5 Å². The number of pyridine rings is 1. The molecule has 0 bridgehead atoms. The molecule has 6 heteroatoms. The van der Waals surface area contributed by atoms with Gasteiger partial charge in [0.1, 0.15) is 11.5 Å². The molecule has 100 valence electrons. The normalized spacial score (nSPS) is 24.5. The van der Waals surface area contributed by atoms with Crippen molar-refractivity contribution >= 4 is 22.9 Å². The molecule has 0 spiro atoms. The molecule has 0 amide bonds. The summed E-state index contributed by atoms with van der Waals surface area (Å²) in [5, 5.41) is 12.7. The van der Waals surface area contributed by atoms with Crippen LogP contribution in [0.5, 0.6) is 0 Å². The van der Waals surface area contributed by atoms with Gasteiger partial charge in [0.05, 0.1) is 17.4 Å². The number of rotatable bonds is 2. The maximum Gasteiger partial charge on any atom is 0.147 e. The van der Waals surface area contributed by atoms with E-state index in [9.17, 15) is 0 Å². The lowest BCUT2D eigenvalue weighted by Gasteiger charge is -2.37. The van der Waals surface area contributed by atoms with Crippen molar-refractivity contribution < 1.29 is 0 Å². The van der Waals surface area contributed by atoms with Crippen LogP contribution in [0, 0.1) is 11.3 Å². The van der Waals surface area contributed by atoms with Crippen LogP contribution in [0.1, 0.15) is 18.4 Å². The number of aromatic nitrogens is 1. The summed E-state index contributed by atoms with van der Waals surface area (Å²) in [5.74, 6) is 1.05. The summed E-state index contributed by atoms with van der Waals surface area (Å²) in [6, 6.07) is 1.96.